The average Bonchev–Trinajstić information content (AvgIpc) is 2.85. The minimum Gasteiger partial charge on any atom is -0.468 e. The average molecular weight is 200 g/mol. The Balaban J connectivity index is 3.03. The number of ether oxygens (including phenoxy) is 2. The van der Waals surface area contributed by atoms with Crippen LogP contribution in [0.15, 0.2) is 0 Å². The van der Waals surface area contributed by atoms with Gasteiger partial charge in [0.15, 0.2) is 5.41 Å². The van der Waals surface area contributed by atoms with Crippen molar-refractivity contribution in [2.45, 2.75) is 13.3 Å². The van der Waals surface area contributed by atoms with Crippen molar-refractivity contribution in [2.75, 3.05) is 14.2 Å². The maximum Gasteiger partial charge on any atom is 0.324 e. The second-order valence-electron chi connectivity index (χ2n) is 3.60. The molecule has 1 aliphatic rings. The van der Waals surface area contributed by atoms with Crippen molar-refractivity contribution in [3.05, 3.63) is 0 Å². The summed E-state index contributed by atoms with van der Waals surface area (Å²) in [5, 5.41) is 0. The summed E-state index contributed by atoms with van der Waals surface area (Å²) in [6, 6.07) is 0. The van der Waals surface area contributed by atoms with Crippen molar-refractivity contribution >= 4 is 18.2 Å². The van der Waals surface area contributed by atoms with Gasteiger partial charge in [0.25, 0.3) is 0 Å². The molecule has 78 valence electrons. The van der Waals surface area contributed by atoms with Crippen molar-refractivity contribution in [1.82, 2.24) is 0 Å². The monoisotopic (exact) mass is 200 g/mol. The fraction of sp³-hybridized carbons (Fsp3) is 0.667. The molecule has 1 atom stereocenters. The van der Waals surface area contributed by atoms with Gasteiger partial charge in [0.2, 0.25) is 0 Å². The molecule has 0 aliphatic heterocycles. The van der Waals surface area contributed by atoms with Crippen LogP contribution in [0, 0.1) is 10.8 Å². The molecule has 0 amide bonds. The highest BCUT2D eigenvalue weighted by atomic mass is 16.5. The molecule has 0 spiro atoms. The molecule has 0 aromatic rings. The largest absolute Gasteiger partial charge is 0.468 e. The normalized spacial score (nSPS) is 27.6. The van der Waals surface area contributed by atoms with Crippen molar-refractivity contribution in [2.24, 2.45) is 10.8 Å². The van der Waals surface area contributed by atoms with Crippen LogP contribution in [0.1, 0.15) is 13.3 Å². The molecule has 1 unspecified atom stereocenters. The van der Waals surface area contributed by atoms with Crippen LogP contribution in [-0.4, -0.2) is 32.4 Å². The van der Waals surface area contributed by atoms with Gasteiger partial charge >= 0.3 is 11.9 Å². The maximum atomic E-state index is 11.4. The van der Waals surface area contributed by atoms with E-state index in [9.17, 15) is 14.4 Å². The molecule has 1 saturated carbocycles. The number of carbonyl (C=O) groups is 3. The summed E-state index contributed by atoms with van der Waals surface area (Å²) in [4.78, 5) is 33.5. The number of carbonyl (C=O) groups excluding carboxylic acids is 3. The molecule has 1 aliphatic carbocycles. The van der Waals surface area contributed by atoms with Crippen molar-refractivity contribution in [1.29, 1.82) is 0 Å². The number of esters is 2. The lowest BCUT2D eigenvalue weighted by atomic mass is 9.95. The van der Waals surface area contributed by atoms with E-state index in [0.717, 1.165) is 0 Å². The Morgan fingerprint density at radius 3 is 1.86 bits per heavy atom. The predicted octanol–water partition coefficient (Wildman–Crippen LogP) is -0.0723. The second kappa shape index (κ2) is 3.08. The van der Waals surface area contributed by atoms with E-state index in [1.54, 1.807) is 0 Å². The van der Waals surface area contributed by atoms with Crippen LogP contribution in [0.4, 0.5) is 0 Å². The van der Waals surface area contributed by atoms with E-state index >= 15 is 0 Å². The quantitative estimate of drug-likeness (QED) is 0.362. The zero-order chi connectivity index (χ0) is 11.0. The van der Waals surface area contributed by atoms with E-state index in [2.05, 4.69) is 9.47 Å². The van der Waals surface area contributed by atoms with Crippen LogP contribution >= 0.6 is 0 Å². The summed E-state index contributed by atoms with van der Waals surface area (Å²) in [7, 11) is 2.35. The highest BCUT2D eigenvalue weighted by Gasteiger charge is 2.76. The Kier molecular flexibility index (Phi) is 2.35. The van der Waals surface area contributed by atoms with E-state index in [-0.39, 0.29) is 6.42 Å². The van der Waals surface area contributed by atoms with Gasteiger partial charge in [-0.1, -0.05) is 6.92 Å². The molecule has 1 fully saturated rings. The maximum absolute atomic E-state index is 11.4. The second-order valence-corrected chi connectivity index (χ2v) is 3.60. The Labute approximate surface area is 81.4 Å². The standard InChI is InChI=1S/C9H12O5/c1-8(5-10)4-9(8,6(11)13-2)7(12)14-3/h5H,4H2,1-3H3. The topological polar surface area (TPSA) is 69.7 Å². The van der Waals surface area contributed by atoms with Crippen molar-refractivity contribution in [3.8, 4) is 0 Å². The third-order valence-electron chi connectivity index (χ3n) is 2.81. The van der Waals surface area contributed by atoms with Crippen molar-refractivity contribution < 1.29 is 23.9 Å². The number of methoxy groups -OCH3 is 2. The van der Waals surface area contributed by atoms with Gasteiger partial charge in [0.1, 0.15) is 6.29 Å². The van der Waals surface area contributed by atoms with Crippen LogP contribution in [0.5, 0.6) is 0 Å². The molecule has 0 radical (unpaired) electrons. The van der Waals surface area contributed by atoms with Gasteiger partial charge in [-0.25, -0.2) is 0 Å². The van der Waals surface area contributed by atoms with Crippen LogP contribution in [0.25, 0.3) is 0 Å². The van der Waals surface area contributed by atoms with E-state index in [4.69, 9.17) is 0 Å². The summed E-state index contributed by atoms with van der Waals surface area (Å²) in [5.41, 5.74) is -2.40. The van der Waals surface area contributed by atoms with E-state index in [1.807, 2.05) is 0 Å². The van der Waals surface area contributed by atoms with Gasteiger partial charge in [-0.15, -0.1) is 0 Å². The first kappa shape index (κ1) is 10.7. The van der Waals surface area contributed by atoms with Gasteiger partial charge < -0.3 is 14.3 Å². The molecule has 5 heteroatoms. The van der Waals surface area contributed by atoms with Crippen LogP contribution in [-0.2, 0) is 23.9 Å². The Morgan fingerprint density at radius 2 is 1.64 bits per heavy atom. The summed E-state index contributed by atoms with van der Waals surface area (Å²) in [5.74, 6) is -1.42. The summed E-state index contributed by atoms with van der Waals surface area (Å²) in [6.07, 6.45) is 0.754. The molecule has 0 N–H and O–H groups in total. The van der Waals surface area contributed by atoms with Gasteiger partial charge in [-0.05, 0) is 6.42 Å². The van der Waals surface area contributed by atoms with Gasteiger partial charge in [-0.3, -0.25) is 9.59 Å². The first-order valence-corrected chi connectivity index (χ1v) is 4.11. The Hall–Kier alpha value is -1.39. The lowest BCUT2D eigenvalue weighted by Crippen LogP contribution is -2.34. The number of hydrogen-bond acceptors (Lipinski definition) is 5. The summed E-state index contributed by atoms with van der Waals surface area (Å²) < 4.78 is 9.00. The fourth-order valence-electron chi connectivity index (χ4n) is 1.69. The van der Waals surface area contributed by atoms with Gasteiger partial charge in [0, 0.05) is 0 Å². The lowest BCUT2D eigenvalue weighted by molar-refractivity contribution is -0.164. The first-order chi connectivity index (χ1) is 6.48. The van der Waals surface area contributed by atoms with E-state index < -0.39 is 22.8 Å². The number of aldehydes is 1. The zero-order valence-electron chi connectivity index (χ0n) is 8.33. The SMILES string of the molecule is COC(=O)C1(C(=O)OC)CC1(C)C=O. The highest BCUT2D eigenvalue weighted by Crippen LogP contribution is 2.63. The first-order valence-electron chi connectivity index (χ1n) is 4.11. The van der Waals surface area contributed by atoms with E-state index in [0.29, 0.717) is 6.29 Å². The number of rotatable bonds is 3. The van der Waals surface area contributed by atoms with Crippen LogP contribution < -0.4 is 0 Å². The molecule has 14 heavy (non-hydrogen) atoms. The van der Waals surface area contributed by atoms with Gasteiger partial charge in [0.05, 0.1) is 19.6 Å². The molecule has 0 bridgehead atoms. The molecular weight excluding hydrogens is 188 g/mol. The van der Waals surface area contributed by atoms with Crippen LogP contribution in [0.3, 0.4) is 0 Å². The predicted molar refractivity (Wildman–Crippen MR) is 45.3 cm³/mol. The molecule has 0 saturated heterocycles. The Bertz CT molecular complexity index is 280. The molecule has 0 aromatic carbocycles. The molecular formula is C9H12O5. The fourth-order valence-corrected chi connectivity index (χ4v) is 1.69. The Morgan fingerprint density at radius 1 is 1.21 bits per heavy atom. The van der Waals surface area contributed by atoms with Gasteiger partial charge in [-0.2, -0.15) is 0 Å². The zero-order valence-corrected chi connectivity index (χ0v) is 8.33. The molecule has 5 nitrogen and oxygen atoms in total. The molecule has 1 rings (SSSR count). The van der Waals surface area contributed by atoms with Crippen LogP contribution in [0.2, 0.25) is 0 Å². The smallest absolute Gasteiger partial charge is 0.324 e. The molecule has 0 heterocycles. The lowest BCUT2D eigenvalue weighted by Gasteiger charge is -2.13. The third kappa shape index (κ3) is 1.05. The third-order valence-corrected chi connectivity index (χ3v) is 2.81. The summed E-state index contributed by atoms with van der Waals surface area (Å²) >= 11 is 0. The highest BCUT2D eigenvalue weighted by molar-refractivity contribution is 6.08. The minimum atomic E-state index is -1.42. The number of hydrogen-bond donors (Lipinski definition) is 0. The minimum absolute atomic E-state index is 0.156. The molecule has 0 aromatic heterocycles. The van der Waals surface area contributed by atoms with E-state index in [1.165, 1.54) is 21.1 Å². The van der Waals surface area contributed by atoms with Crippen molar-refractivity contribution in [3.63, 3.8) is 0 Å². The summed E-state index contributed by atoms with van der Waals surface area (Å²) in [6.45, 7) is 1.54.